The first-order valence-electron chi connectivity index (χ1n) is 10.3. The lowest BCUT2D eigenvalue weighted by atomic mass is 9.96. The van der Waals surface area contributed by atoms with E-state index in [1.165, 1.54) is 19.3 Å². The van der Waals surface area contributed by atoms with Gasteiger partial charge in [0.15, 0.2) is 0 Å². The van der Waals surface area contributed by atoms with Crippen molar-refractivity contribution in [3.05, 3.63) is 48.8 Å². The molecule has 1 fully saturated rings. The highest BCUT2D eigenvalue weighted by Crippen LogP contribution is 2.32. The fourth-order valence-electron chi connectivity index (χ4n) is 3.72. The van der Waals surface area contributed by atoms with Crippen molar-refractivity contribution in [2.75, 3.05) is 24.9 Å². The summed E-state index contributed by atoms with van der Waals surface area (Å²) in [7, 11) is 3.27. The smallest absolute Gasteiger partial charge is 0.225 e. The van der Waals surface area contributed by atoms with Crippen molar-refractivity contribution in [3.63, 3.8) is 0 Å². The summed E-state index contributed by atoms with van der Waals surface area (Å²) in [6.07, 6.45) is 9.64. The van der Waals surface area contributed by atoms with E-state index in [1.807, 2.05) is 36.4 Å². The molecule has 0 bridgehead atoms. The summed E-state index contributed by atoms with van der Waals surface area (Å²) in [5.74, 6) is 2.74. The first-order valence-corrected chi connectivity index (χ1v) is 10.3. The van der Waals surface area contributed by atoms with Crippen LogP contribution in [0.2, 0.25) is 0 Å². The molecule has 1 saturated carbocycles. The Morgan fingerprint density at radius 3 is 2.43 bits per heavy atom. The van der Waals surface area contributed by atoms with Crippen LogP contribution in [0.25, 0.3) is 11.3 Å². The minimum atomic E-state index is 0.412. The lowest BCUT2D eigenvalue weighted by Crippen LogP contribution is -2.23. The van der Waals surface area contributed by atoms with Gasteiger partial charge in [-0.05, 0) is 37.1 Å². The maximum atomic E-state index is 5.52. The number of ether oxygens (including phenoxy) is 2. The number of hydrogen-bond donors (Lipinski definition) is 2. The lowest BCUT2D eigenvalue weighted by molar-refractivity contribution is 0.395. The van der Waals surface area contributed by atoms with Gasteiger partial charge in [0.1, 0.15) is 17.3 Å². The van der Waals surface area contributed by atoms with Crippen LogP contribution in [-0.4, -0.2) is 35.2 Å². The number of hydrogen-bond acceptors (Lipinski definition) is 7. The third-order valence-electron chi connectivity index (χ3n) is 5.31. The Labute approximate surface area is 176 Å². The largest absolute Gasteiger partial charge is 0.497 e. The minimum Gasteiger partial charge on any atom is -0.497 e. The molecule has 2 aromatic heterocycles. The Bertz CT molecular complexity index is 975. The molecule has 7 heteroatoms. The summed E-state index contributed by atoms with van der Waals surface area (Å²) in [5.41, 5.74) is 2.63. The van der Waals surface area contributed by atoms with Gasteiger partial charge in [-0.3, -0.25) is 4.98 Å². The van der Waals surface area contributed by atoms with Crippen LogP contribution in [0.15, 0.2) is 48.8 Å². The maximum Gasteiger partial charge on any atom is 0.225 e. The molecule has 1 aromatic carbocycles. The molecule has 1 aliphatic rings. The highest BCUT2D eigenvalue weighted by Gasteiger charge is 2.16. The minimum absolute atomic E-state index is 0.412. The van der Waals surface area contributed by atoms with E-state index in [-0.39, 0.29) is 0 Å². The summed E-state index contributed by atoms with van der Waals surface area (Å²) < 4.78 is 10.8. The predicted octanol–water partition coefficient (Wildman–Crippen LogP) is 5.04. The van der Waals surface area contributed by atoms with E-state index in [9.17, 15) is 0 Å². The maximum absolute atomic E-state index is 5.52. The summed E-state index contributed by atoms with van der Waals surface area (Å²) in [5, 5.41) is 6.91. The number of nitrogens with zero attached hydrogens (tertiary/aromatic N) is 3. The second-order valence-corrected chi connectivity index (χ2v) is 7.37. The zero-order valence-electron chi connectivity index (χ0n) is 17.4. The van der Waals surface area contributed by atoms with Crippen LogP contribution < -0.4 is 20.1 Å². The molecule has 0 unspecified atom stereocenters. The van der Waals surface area contributed by atoms with Gasteiger partial charge < -0.3 is 20.1 Å². The zero-order chi connectivity index (χ0) is 20.8. The number of pyridine rings is 1. The van der Waals surface area contributed by atoms with E-state index in [2.05, 4.69) is 15.6 Å². The van der Waals surface area contributed by atoms with Crippen LogP contribution in [0.1, 0.15) is 32.1 Å². The number of rotatable bonds is 7. The predicted molar refractivity (Wildman–Crippen MR) is 119 cm³/mol. The summed E-state index contributed by atoms with van der Waals surface area (Å²) in [6.45, 7) is 0. The van der Waals surface area contributed by atoms with Crippen molar-refractivity contribution < 1.29 is 9.47 Å². The molecule has 0 radical (unpaired) electrons. The van der Waals surface area contributed by atoms with Crippen LogP contribution in [0, 0.1) is 0 Å². The SMILES string of the molecule is COc1ccc(Nc2cc(-c3ccncc3)nc(NC3CCCCC3)n2)c(OC)c1. The molecule has 0 aliphatic heterocycles. The Kier molecular flexibility index (Phi) is 6.27. The highest BCUT2D eigenvalue weighted by atomic mass is 16.5. The zero-order valence-corrected chi connectivity index (χ0v) is 17.4. The fourth-order valence-corrected chi connectivity index (χ4v) is 3.72. The molecule has 3 aromatic rings. The summed E-state index contributed by atoms with van der Waals surface area (Å²) >= 11 is 0. The Morgan fingerprint density at radius 1 is 0.900 bits per heavy atom. The molecule has 4 rings (SSSR count). The molecule has 1 aliphatic carbocycles. The van der Waals surface area contributed by atoms with Crippen LogP contribution in [0.3, 0.4) is 0 Å². The number of methoxy groups -OCH3 is 2. The van der Waals surface area contributed by atoms with Crippen molar-refractivity contribution in [1.29, 1.82) is 0 Å². The van der Waals surface area contributed by atoms with E-state index in [1.54, 1.807) is 26.6 Å². The van der Waals surface area contributed by atoms with Crippen molar-refractivity contribution >= 4 is 17.5 Å². The quantitative estimate of drug-likeness (QED) is 0.570. The Hall–Kier alpha value is -3.35. The Balaban J connectivity index is 1.66. The molecule has 2 heterocycles. The molecule has 30 heavy (non-hydrogen) atoms. The van der Waals surface area contributed by atoms with E-state index < -0.39 is 0 Å². The molecule has 0 atom stereocenters. The van der Waals surface area contributed by atoms with Crippen LogP contribution in [0.5, 0.6) is 11.5 Å². The van der Waals surface area contributed by atoms with Crippen LogP contribution >= 0.6 is 0 Å². The average molecular weight is 406 g/mol. The molecule has 7 nitrogen and oxygen atoms in total. The van der Waals surface area contributed by atoms with E-state index in [4.69, 9.17) is 19.4 Å². The second-order valence-electron chi connectivity index (χ2n) is 7.37. The van der Waals surface area contributed by atoms with Gasteiger partial charge in [0.2, 0.25) is 5.95 Å². The topological polar surface area (TPSA) is 81.2 Å². The lowest BCUT2D eigenvalue weighted by Gasteiger charge is -2.23. The van der Waals surface area contributed by atoms with Gasteiger partial charge in [0.05, 0.1) is 25.6 Å². The number of nitrogens with one attached hydrogen (secondary N) is 2. The molecule has 2 N–H and O–H groups in total. The second kappa shape index (κ2) is 9.43. The van der Waals surface area contributed by atoms with Crippen molar-refractivity contribution in [1.82, 2.24) is 15.0 Å². The summed E-state index contributed by atoms with van der Waals surface area (Å²) in [6, 6.07) is 11.9. The van der Waals surface area contributed by atoms with Gasteiger partial charge >= 0.3 is 0 Å². The fraction of sp³-hybridized carbons (Fsp3) is 0.348. The van der Waals surface area contributed by atoms with Crippen molar-refractivity contribution in [2.24, 2.45) is 0 Å². The van der Waals surface area contributed by atoms with Crippen molar-refractivity contribution in [2.45, 2.75) is 38.1 Å². The molecule has 0 spiro atoms. The Morgan fingerprint density at radius 2 is 1.70 bits per heavy atom. The normalized spacial score (nSPS) is 14.2. The number of anilines is 3. The van der Waals surface area contributed by atoms with Gasteiger partial charge in [0.25, 0.3) is 0 Å². The van der Waals surface area contributed by atoms with Crippen molar-refractivity contribution in [3.8, 4) is 22.8 Å². The molecule has 0 amide bonds. The van der Waals surface area contributed by atoms with Gasteiger partial charge in [-0.15, -0.1) is 0 Å². The van der Waals surface area contributed by atoms with Gasteiger partial charge in [-0.1, -0.05) is 19.3 Å². The first-order chi connectivity index (χ1) is 14.7. The first kappa shape index (κ1) is 19.9. The third kappa shape index (κ3) is 4.79. The van der Waals surface area contributed by atoms with Crippen LogP contribution in [0.4, 0.5) is 17.5 Å². The third-order valence-corrected chi connectivity index (χ3v) is 5.31. The van der Waals surface area contributed by atoms with Gasteiger partial charge in [-0.2, -0.15) is 4.98 Å². The van der Waals surface area contributed by atoms with E-state index in [0.717, 1.165) is 35.5 Å². The standard InChI is InChI=1S/C23H27N5O2/c1-29-18-8-9-19(21(14-18)30-2)26-22-15-20(16-10-12-24-13-11-16)27-23(28-22)25-17-6-4-3-5-7-17/h8-15,17H,3-7H2,1-2H3,(H2,25,26,27,28). The monoisotopic (exact) mass is 405 g/mol. The molecule has 0 saturated heterocycles. The highest BCUT2D eigenvalue weighted by molar-refractivity contribution is 5.70. The van der Waals surface area contributed by atoms with Gasteiger partial charge in [-0.25, -0.2) is 4.98 Å². The summed E-state index contributed by atoms with van der Waals surface area (Å²) in [4.78, 5) is 13.6. The van der Waals surface area contributed by atoms with E-state index in [0.29, 0.717) is 23.6 Å². The van der Waals surface area contributed by atoms with Crippen LogP contribution in [-0.2, 0) is 0 Å². The number of benzene rings is 1. The molecule has 156 valence electrons. The number of aromatic nitrogens is 3. The average Bonchev–Trinajstić information content (AvgIpc) is 2.80. The molecular formula is C23H27N5O2. The van der Waals surface area contributed by atoms with E-state index >= 15 is 0 Å². The molecular weight excluding hydrogens is 378 g/mol. The van der Waals surface area contributed by atoms with Gasteiger partial charge in [0, 0.05) is 36.1 Å².